The Hall–Kier alpha value is -2.34. The second-order valence-corrected chi connectivity index (χ2v) is 4.10. The Morgan fingerprint density at radius 2 is 1.80 bits per heavy atom. The molecule has 20 heavy (non-hydrogen) atoms. The van der Waals surface area contributed by atoms with Gasteiger partial charge in [0.15, 0.2) is 5.82 Å². The van der Waals surface area contributed by atoms with E-state index in [0.29, 0.717) is 11.5 Å². The number of anilines is 1. The van der Waals surface area contributed by atoms with Crippen molar-refractivity contribution in [3.63, 3.8) is 0 Å². The molecule has 1 heterocycles. The summed E-state index contributed by atoms with van der Waals surface area (Å²) in [6.07, 6.45) is 2.71. The molecule has 6 nitrogen and oxygen atoms in total. The van der Waals surface area contributed by atoms with Crippen LogP contribution in [0.4, 0.5) is 5.82 Å². The minimum atomic E-state index is -0.407. The Balaban J connectivity index is 2.31. The van der Waals surface area contributed by atoms with Gasteiger partial charge in [-0.25, -0.2) is 9.97 Å². The molecule has 0 bridgehead atoms. The third-order valence-electron chi connectivity index (χ3n) is 2.52. The van der Waals surface area contributed by atoms with Crippen molar-refractivity contribution in [2.24, 2.45) is 0 Å². The quantitative estimate of drug-likeness (QED) is 0.937. The molecule has 0 atom stereocenters. The molecule has 0 fully saturated rings. The molecule has 1 aromatic carbocycles. The van der Waals surface area contributed by atoms with Crippen molar-refractivity contribution in [2.75, 3.05) is 19.5 Å². The van der Waals surface area contributed by atoms with Gasteiger partial charge in [0.1, 0.15) is 22.2 Å². The van der Waals surface area contributed by atoms with Crippen LogP contribution in [0.1, 0.15) is 10.4 Å². The van der Waals surface area contributed by atoms with E-state index < -0.39 is 5.91 Å². The molecule has 0 unspecified atom stereocenters. The second-order valence-electron chi connectivity index (χ2n) is 3.72. The summed E-state index contributed by atoms with van der Waals surface area (Å²) in [6.45, 7) is 0. The zero-order valence-electron chi connectivity index (χ0n) is 10.9. The number of ether oxygens (including phenoxy) is 2. The first-order valence-corrected chi connectivity index (χ1v) is 6.03. The van der Waals surface area contributed by atoms with Gasteiger partial charge in [0.2, 0.25) is 0 Å². The molecule has 7 heteroatoms. The van der Waals surface area contributed by atoms with Gasteiger partial charge in [-0.3, -0.25) is 4.79 Å². The molecule has 104 valence electrons. The number of carbonyl (C=O) groups is 1. The topological polar surface area (TPSA) is 73.3 Å². The summed E-state index contributed by atoms with van der Waals surface area (Å²) in [5, 5.41) is 2.85. The van der Waals surface area contributed by atoms with Gasteiger partial charge in [0.25, 0.3) is 5.91 Å². The van der Waals surface area contributed by atoms with Crippen LogP contribution in [-0.4, -0.2) is 30.1 Å². The van der Waals surface area contributed by atoms with E-state index in [2.05, 4.69) is 15.3 Å². The van der Waals surface area contributed by atoms with Crippen LogP contribution in [0.2, 0.25) is 5.15 Å². The molecule has 1 N–H and O–H groups in total. The molecule has 2 rings (SSSR count). The van der Waals surface area contributed by atoms with Gasteiger partial charge >= 0.3 is 0 Å². The number of nitrogens with zero attached hydrogens (tertiary/aromatic N) is 2. The molecular formula is C13H12ClN3O3. The van der Waals surface area contributed by atoms with Gasteiger partial charge in [0, 0.05) is 0 Å². The highest BCUT2D eigenvalue weighted by molar-refractivity contribution is 6.29. The van der Waals surface area contributed by atoms with Crippen molar-refractivity contribution in [2.45, 2.75) is 0 Å². The number of amides is 1. The molecular weight excluding hydrogens is 282 g/mol. The first kappa shape index (κ1) is 14.1. The number of nitrogens with one attached hydrogen (secondary N) is 1. The summed E-state index contributed by atoms with van der Waals surface area (Å²) in [5.74, 6) is 0.691. The molecule has 0 aliphatic rings. The number of methoxy groups -OCH3 is 2. The van der Waals surface area contributed by atoms with Gasteiger partial charge in [-0.15, -0.1) is 0 Å². The Labute approximate surface area is 120 Å². The monoisotopic (exact) mass is 293 g/mol. The number of rotatable bonds is 4. The van der Waals surface area contributed by atoms with Gasteiger partial charge in [-0.05, 0) is 12.1 Å². The van der Waals surface area contributed by atoms with Crippen LogP contribution in [0.5, 0.6) is 11.5 Å². The first-order valence-electron chi connectivity index (χ1n) is 5.65. The highest BCUT2D eigenvalue weighted by Crippen LogP contribution is 2.28. The van der Waals surface area contributed by atoms with E-state index in [1.54, 1.807) is 18.2 Å². The van der Waals surface area contributed by atoms with E-state index in [1.165, 1.54) is 26.6 Å². The van der Waals surface area contributed by atoms with Crippen molar-refractivity contribution >= 4 is 23.3 Å². The summed E-state index contributed by atoms with van der Waals surface area (Å²) in [6, 6.07) is 5.08. The minimum Gasteiger partial charge on any atom is -0.496 e. The highest BCUT2D eigenvalue weighted by atomic mass is 35.5. The van der Waals surface area contributed by atoms with Gasteiger partial charge in [0.05, 0.1) is 26.6 Å². The predicted octanol–water partition coefficient (Wildman–Crippen LogP) is 2.40. The number of hydrogen-bond acceptors (Lipinski definition) is 5. The molecule has 0 spiro atoms. The molecule has 0 radical (unpaired) electrons. The Morgan fingerprint density at radius 1 is 1.15 bits per heavy atom. The zero-order chi connectivity index (χ0) is 14.5. The van der Waals surface area contributed by atoms with Crippen LogP contribution in [0.3, 0.4) is 0 Å². The van der Waals surface area contributed by atoms with E-state index >= 15 is 0 Å². The smallest absolute Gasteiger partial charge is 0.264 e. The van der Waals surface area contributed by atoms with Crippen molar-refractivity contribution < 1.29 is 14.3 Å². The number of halogens is 1. The minimum absolute atomic E-state index is 0.248. The molecule has 2 aromatic rings. The van der Waals surface area contributed by atoms with E-state index in [0.717, 1.165) is 0 Å². The molecule has 1 amide bonds. The summed E-state index contributed by atoms with van der Waals surface area (Å²) >= 11 is 5.63. The number of carbonyl (C=O) groups excluding carboxylic acids is 1. The van der Waals surface area contributed by atoms with Crippen LogP contribution in [0.15, 0.2) is 30.6 Å². The summed E-state index contributed by atoms with van der Waals surface area (Å²) < 4.78 is 10.3. The average molecular weight is 294 g/mol. The molecule has 0 aliphatic carbocycles. The maximum absolute atomic E-state index is 12.3. The van der Waals surface area contributed by atoms with E-state index in [1.807, 2.05) is 0 Å². The van der Waals surface area contributed by atoms with Crippen molar-refractivity contribution in [3.8, 4) is 11.5 Å². The fourth-order valence-electron chi connectivity index (χ4n) is 1.63. The number of hydrogen-bond donors (Lipinski definition) is 1. The van der Waals surface area contributed by atoms with Gasteiger partial charge in [-0.1, -0.05) is 17.7 Å². The number of benzene rings is 1. The van der Waals surface area contributed by atoms with Crippen LogP contribution in [-0.2, 0) is 0 Å². The third kappa shape index (κ3) is 2.97. The van der Waals surface area contributed by atoms with E-state index in [9.17, 15) is 4.79 Å². The SMILES string of the molecule is COc1cccc(OC)c1C(=O)Nc1cnc(Cl)cn1. The average Bonchev–Trinajstić information content (AvgIpc) is 2.48. The zero-order valence-corrected chi connectivity index (χ0v) is 11.6. The van der Waals surface area contributed by atoms with Crippen LogP contribution in [0, 0.1) is 0 Å². The molecule has 0 saturated heterocycles. The van der Waals surface area contributed by atoms with Crippen molar-refractivity contribution in [3.05, 3.63) is 41.3 Å². The second kappa shape index (κ2) is 6.21. The largest absolute Gasteiger partial charge is 0.496 e. The molecule has 0 aliphatic heterocycles. The normalized spacial score (nSPS) is 9.95. The first-order chi connectivity index (χ1) is 9.65. The van der Waals surface area contributed by atoms with Crippen molar-refractivity contribution in [1.82, 2.24) is 9.97 Å². The lowest BCUT2D eigenvalue weighted by molar-refractivity contribution is 0.102. The summed E-state index contributed by atoms with van der Waals surface area (Å²) in [5.41, 5.74) is 0.286. The van der Waals surface area contributed by atoms with Gasteiger partial charge in [-0.2, -0.15) is 0 Å². The Bertz CT molecular complexity index is 595. The highest BCUT2D eigenvalue weighted by Gasteiger charge is 2.18. The van der Waals surface area contributed by atoms with Crippen LogP contribution >= 0.6 is 11.6 Å². The maximum Gasteiger partial charge on any atom is 0.264 e. The van der Waals surface area contributed by atoms with Crippen molar-refractivity contribution in [1.29, 1.82) is 0 Å². The fraction of sp³-hybridized carbons (Fsp3) is 0.154. The molecule has 1 aromatic heterocycles. The molecule has 0 saturated carbocycles. The lowest BCUT2D eigenvalue weighted by Gasteiger charge is -2.12. The standard InChI is InChI=1S/C13H12ClN3O3/c1-19-8-4-3-5-9(20-2)12(8)13(18)17-11-7-15-10(14)6-16-11/h3-7H,1-2H3,(H,16,17,18). The Morgan fingerprint density at radius 3 is 2.30 bits per heavy atom. The maximum atomic E-state index is 12.3. The van der Waals surface area contributed by atoms with E-state index in [4.69, 9.17) is 21.1 Å². The van der Waals surface area contributed by atoms with Crippen LogP contribution in [0.25, 0.3) is 0 Å². The fourth-order valence-corrected chi connectivity index (χ4v) is 1.73. The third-order valence-corrected chi connectivity index (χ3v) is 2.71. The summed E-state index contributed by atoms with van der Waals surface area (Å²) in [4.78, 5) is 20.1. The lowest BCUT2D eigenvalue weighted by Crippen LogP contribution is -2.15. The predicted molar refractivity (Wildman–Crippen MR) is 74.5 cm³/mol. The van der Waals surface area contributed by atoms with Crippen LogP contribution < -0.4 is 14.8 Å². The Kier molecular flexibility index (Phi) is 4.37. The lowest BCUT2D eigenvalue weighted by atomic mass is 10.1. The van der Waals surface area contributed by atoms with Gasteiger partial charge < -0.3 is 14.8 Å². The number of aromatic nitrogens is 2. The van der Waals surface area contributed by atoms with E-state index in [-0.39, 0.29) is 16.5 Å². The summed E-state index contributed by atoms with van der Waals surface area (Å²) in [7, 11) is 2.96.